The molecule has 0 aliphatic carbocycles. The fourth-order valence-electron chi connectivity index (χ4n) is 3.40. The minimum atomic E-state index is -3.61. The van der Waals surface area contributed by atoms with Crippen LogP contribution in [0.4, 0.5) is 4.39 Å². The van der Waals surface area contributed by atoms with Crippen LogP contribution < -0.4 is 4.72 Å². The van der Waals surface area contributed by atoms with Crippen molar-refractivity contribution >= 4 is 15.9 Å². The third kappa shape index (κ3) is 5.22. The number of rotatable bonds is 4. The van der Waals surface area contributed by atoms with Gasteiger partial charge in [0.05, 0.1) is 4.90 Å². The van der Waals surface area contributed by atoms with Crippen LogP contribution in [-0.4, -0.2) is 38.4 Å². The molecule has 5 nitrogen and oxygen atoms in total. The van der Waals surface area contributed by atoms with Crippen LogP contribution in [0.5, 0.6) is 0 Å². The number of nitrogens with one attached hydrogen (secondary N) is 1. The topological polar surface area (TPSA) is 66.5 Å². The summed E-state index contributed by atoms with van der Waals surface area (Å²) >= 11 is 0. The van der Waals surface area contributed by atoms with Crippen LogP contribution >= 0.6 is 0 Å². The molecule has 0 radical (unpaired) electrons. The smallest absolute Gasteiger partial charge is 0.253 e. The lowest BCUT2D eigenvalue weighted by atomic mass is 9.87. The molecule has 1 N–H and O–H groups in total. The highest BCUT2D eigenvalue weighted by Crippen LogP contribution is 2.24. The number of carbonyl (C=O) groups is 1. The Morgan fingerprint density at radius 2 is 1.55 bits per heavy atom. The molecule has 1 saturated heterocycles. The number of carbonyl (C=O) groups excluding carboxylic acids is 1. The molecule has 1 aliphatic rings. The van der Waals surface area contributed by atoms with Gasteiger partial charge in [-0.3, -0.25) is 4.79 Å². The Hall–Kier alpha value is -2.25. The molecule has 1 heterocycles. The molecule has 2 aromatic rings. The second-order valence-electron chi connectivity index (χ2n) is 8.47. The molecule has 0 atom stereocenters. The Labute approximate surface area is 172 Å². The van der Waals surface area contributed by atoms with Crippen molar-refractivity contribution in [3.05, 3.63) is 65.5 Å². The van der Waals surface area contributed by atoms with E-state index < -0.39 is 10.0 Å². The third-order valence-electron chi connectivity index (χ3n) is 5.23. The van der Waals surface area contributed by atoms with E-state index in [0.29, 0.717) is 31.5 Å². The molecular formula is C22H27FN2O3S. The van der Waals surface area contributed by atoms with Gasteiger partial charge in [-0.05, 0) is 60.2 Å². The molecule has 7 heteroatoms. The number of likely N-dealkylation sites (tertiary alicyclic amines) is 1. The van der Waals surface area contributed by atoms with E-state index in [0.717, 1.165) is 5.56 Å². The second kappa shape index (κ2) is 8.24. The van der Waals surface area contributed by atoms with E-state index in [4.69, 9.17) is 0 Å². The lowest BCUT2D eigenvalue weighted by Gasteiger charge is -2.32. The van der Waals surface area contributed by atoms with Crippen LogP contribution in [0.3, 0.4) is 0 Å². The summed E-state index contributed by atoms with van der Waals surface area (Å²) in [4.78, 5) is 14.4. The predicted octanol–water partition coefficient (Wildman–Crippen LogP) is 3.71. The van der Waals surface area contributed by atoms with Crippen LogP contribution in [0, 0.1) is 5.82 Å². The Bertz CT molecular complexity index is 957. The number of piperidine rings is 1. The van der Waals surface area contributed by atoms with E-state index in [2.05, 4.69) is 25.5 Å². The number of hydrogen-bond acceptors (Lipinski definition) is 3. The number of nitrogens with zero attached hydrogens (tertiary/aromatic N) is 1. The van der Waals surface area contributed by atoms with Crippen LogP contribution in [0.1, 0.15) is 49.5 Å². The van der Waals surface area contributed by atoms with Crippen LogP contribution in [-0.2, 0) is 15.4 Å². The SMILES string of the molecule is CC(C)(C)c1ccc(S(=O)(=O)NC2CCN(C(=O)c3ccc(F)cc3)CC2)cc1. The van der Waals surface area contributed by atoms with E-state index in [-0.39, 0.29) is 28.1 Å². The van der Waals surface area contributed by atoms with Crippen molar-refractivity contribution in [1.82, 2.24) is 9.62 Å². The van der Waals surface area contributed by atoms with Gasteiger partial charge >= 0.3 is 0 Å². The molecule has 0 unspecified atom stereocenters. The standard InChI is InChI=1S/C22H27FN2O3S/c1-22(2,3)17-6-10-20(11-7-17)29(27,28)24-19-12-14-25(15-13-19)21(26)16-4-8-18(23)9-5-16/h4-11,19,24H,12-15H2,1-3H3. The van der Waals surface area contributed by atoms with Crippen LogP contribution in [0.25, 0.3) is 0 Å². The summed E-state index contributed by atoms with van der Waals surface area (Å²) in [5.74, 6) is -0.547. The normalized spacial score (nSPS) is 16.1. The van der Waals surface area contributed by atoms with Crippen molar-refractivity contribution in [2.45, 2.75) is 50.0 Å². The van der Waals surface area contributed by atoms with Gasteiger partial charge in [0.15, 0.2) is 0 Å². The van der Waals surface area contributed by atoms with Gasteiger partial charge in [-0.25, -0.2) is 17.5 Å². The predicted molar refractivity (Wildman–Crippen MR) is 111 cm³/mol. The summed E-state index contributed by atoms with van der Waals surface area (Å²) in [6, 6.07) is 12.2. The second-order valence-corrected chi connectivity index (χ2v) is 10.2. The lowest BCUT2D eigenvalue weighted by molar-refractivity contribution is 0.0711. The zero-order chi connectivity index (χ0) is 21.2. The highest BCUT2D eigenvalue weighted by molar-refractivity contribution is 7.89. The first-order chi connectivity index (χ1) is 13.6. The van der Waals surface area contributed by atoms with Crippen molar-refractivity contribution in [2.75, 3.05) is 13.1 Å². The van der Waals surface area contributed by atoms with Crippen molar-refractivity contribution < 1.29 is 17.6 Å². The van der Waals surface area contributed by atoms with Gasteiger partial charge < -0.3 is 4.90 Å². The number of amides is 1. The van der Waals surface area contributed by atoms with Gasteiger partial charge in [0.25, 0.3) is 5.91 Å². The van der Waals surface area contributed by atoms with Gasteiger partial charge in [-0.1, -0.05) is 32.9 Å². The molecule has 29 heavy (non-hydrogen) atoms. The Morgan fingerprint density at radius 3 is 2.07 bits per heavy atom. The molecule has 0 saturated carbocycles. The van der Waals surface area contributed by atoms with E-state index in [1.165, 1.54) is 24.3 Å². The Balaban J connectivity index is 1.59. The molecule has 1 fully saturated rings. The van der Waals surface area contributed by atoms with Crippen molar-refractivity contribution in [2.24, 2.45) is 0 Å². The average Bonchev–Trinajstić information content (AvgIpc) is 2.68. The number of benzene rings is 2. The van der Waals surface area contributed by atoms with Gasteiger partial charge in [-0.2, -0.15) is 0 Å². The highest BCUT2D eigenvalue weighted by atomic mass is 32.2. The quantitative estimate of drug-likeness (QED) is 0.823. The molecule has 2 aromatic carbocycles. The molecular weight excluding hydrogens is 391 g/mol. The minimum absolute atomic E-state index is 0.0421. The average molecular weight is 419 g/mol. The molecule has 1 amide bonds. The van der Waals surface area contributed by atoms with E-state index in [1.807, 2.05) is 12.1 Å². The summed E-state index contributed by atoms with van der Waals surface area (Å²) in [5.41, 5.74) is 1.47. The number of halogens is 1. The van der Waals surface area contributed by atoms with E-state index >= 15 is 0 Å². The Kier molecular flexibility index (Phi) is 6.10. The van der Waals surface area contributed by atoms with E-state index in [9.17, 15) is 17.6 Å². The molecule has 1 aliphatic heterocycles. The van der Waals surface area contributed by atoms with Gasteiger partial charge in [-0.15, -0.1) is 0 Å². The van der Waals surface area contributed by atoms with E-state index in [1.54, 1.807) is 17.0 Å². The summed E-state index contributed by atoms with van der Waals surface area (Å²) in [6.07, 6.45) is 1.07. The number of hydrogen-bond donors (Lipinski definition) is 1. The zero-order valence-electron chi connectivity index (χ0n) is 17.0. The van der Waals surface area contributed by atoms with Gasteiger partial charge in [0.2, 0.25) is 10.0 Å². The van der Waals surface area contributed by atoms with Gasteiger partial charge in [0.1, 0.15) is 5.82 Å². The maximum Gasteiger partial charge on any atom is 0.253 e. The zero-order valence-corrected chi connectivity index (χ0v) is 17.8. The summed E-state index contributed by atoms with van der Waals surface area (Å²) in [5, 5.41) is 0. The molecule has 0 bridgehead atoms. The summed E-state index contributed by atoms with van der Waals surface area (Å²) in [7, 11) is -3.61. The summed E-state index contributed by atoms with van der Waals surface area (Å²) < 4.78 is 41.2. The largest absolute Gasteiger partial charge is 0.339 e. The lowest BCUT2D eigenvalue weighted by Crippen LogP contribution is -2.46. The first-order valence-corrected chi connectivity index (χ1v) is 11.2. The highest BCUT2D eigenvalue weighted by Gasteiger charge is 2.27. The number of sulfonamides is 1. The van der Waals surface area contributed by atoms with Crippen molar-refractivity contribution in [1.29, 1.82) is 0 Å². The molecule has 0 aromatic heterocycles. The maximum absolute atomic E-state index is 13.0. The maximum atomic E-state index is 13.0. The van der Waals surface area contributed by atoms with Crippen molar-refractivity contribution in [3.8, 4) is 0 Å². The minimum Gasteiger partial charge on any atom is -0.339 e. The summed E-state index contributed by atoms with van der Waals surface area (Å²) in [6.45, 7) is 7.14. The third-order valence-corrected chi connectivity index (χ3v) is 6.76. The fourth-order valence-corrected chi connectivity index (χ4v) is 4.70. The fraction of sp³-hybridized carbons (Fsp3) is 0.409. The first-order valence-electron chi connectivity index (χ1n) is 9.74. The molecule has 156 valence electrons. The molecule has 0 spiro atoms. The molecule has 3 rings (SSSR count). The van der Waals surface area contributed by atoms with Gasteiger partial charge in [0, 0.05) is 24.7 Å². The van der Waals surface area contributed by atoms with Crippen molar-refractivity contribution in [3.63, 3.8) is 0 Å². The monoisotopic (exact) mass is 418 g/mol. The van der Waals surface area contributed by atoms with Crippen LogP contribution in [0.2, 0.25) is 0 Å². The Morgan fingerprint density at radius 1 is 1.00 bits per heavy atom. The van der Waals surface area contributed by atoms with Crippen LogP contribution in [0.15, 0.2) is 53.4 Å². The first kappa shape index (κ1) is 21.5.